The minimum absolute atomic E-state index is 0.00643. The molecule has 22 heavy (non-hydrogen) atoms. The highest BCUT2D eigenvalue weighted by molar-refractivity contribution is 5.92. The molecule has 0 bridgehead atoms. The van der Waals surface area contributed by atoms with E-state index >= 15 is 4.39 Å². The number of hydrogen-bond donors (Lipinski definition) is 0. The van der Waals surface area contributed by atoms with Crippen LogP contribution in [-0.4, -0.2) is 17.2 Å². The number of halogens is 1. The zero-order chi connectivity index (χ0) is 15.8. The minimum Gasteiger partial charge on any atom is -0.299 e. The maximum absolute atomic E-state index is 16.0. The van der Waals surface area contributed by atoms with E-state index in [2.05, 4.69) is 6.92 Å². The second-order valence-corrected chi connectivity index (χ2v) is 8.46. The van der Waals surface area contributed by atoms with Gasteiger partial charge in [-0.25, -0.2) is 4.39 Å². The van der Waals surface area contributed by atoms with Crippen molar-refractivity contribution >= 4 is 11.6 Å². The summed E-state index contributed by atoms with van der Waals surface area (Å²) in [5, 5.41) is 0. The second kappa shape index (κ2) is 4.30. The molecule has 0 N–H and O–H groups in total. The molecule has 0 aliphatic heterocycles. The van der Waals surface area contributed by atoms with Crippen molar-refractivity contribution in [2.45, 2.75) is 70.9 Å². The van der Waals surface area contributed by atoms with Crippen LogP contribution in [0.15, 0.2) is 11.6 Å². The molecule has 0 unspecified atom stereocenters. The topological polar surface area (TPSA) is 34.1 Å². The summed E-state index contributed by atoms with van der Waals surface area (Å²) in [4.78, 5) is 24.1. The van der Waals surface area contributed by atoms with Crippen molar-refractivity contribution in [1.82, 2.24) is 0 Å². The van der Waals surface area contributed by atoms with Crippen LogP contribution in [0.5, 0.6) is 0 Å². The van der Waals surface area contributed by atoms with Gasteiger partial charge >= 0.3 is 0 Å². The summed E-state index contributed by atoms with van der Waals surface area (Å²) in [6.07, 6.45) is 7.38. The predicted octanol–water partition coefficient (Wildman–Crippen LogP) is 4.18. The Balaban J connectivity index is 1.76. The van der Waals surface area contributed by atoms with Crippen molar-refractivity contribution in [2.24, 2.45) is 22.7 Å². The van der Waals surface area contributed by atoms with Gasteiger partial charge in [0.05, 0.1) is 5.41 Å². The fraction of sp³-hybridized carbons (Fsp3) is 0.789. The van der Waals surface area contributed by atoms with E-state index in [1.165, 1.54) is 5.57 Å². The lowest BCUT2D eigenvalue weighted by molar-refractivity contribution is -0.151. The maximum atomic E-state index is 16.0. The molecule has 0 aromatic rings. The molecule has 0 spiro atoms. The highest BCUT2D eigenvalue weighted by Gasteiger charge is 2.68. The molecule has 4 rings (SSSR count). The van der Waals surface area contributed by atoms with Crippen molar-refractivity contribution < 1.29 is 14.0 Å². The van der Waals surface area contributed by atoms with Gasteiger partial charge in [-0.05, 0) is 68.8 Å². The van der Waals surface area contributed by atoms with Gasteiger partial charge < -0.3 is 0 Å². The number of alkyl halides is 1. The van der Waals surface area contributed by atoms with E-state index in [9.17, 15) is 9.59 Å². The number of fused-ring (bicyclic) bond motifs is 5. The summed E-state index contributed by atoms with van der Waals surface area (Å²) in [6, 6.07) is 0. The fourth-order valence-corrected chi connectivity index (χ4v) is 6.24. The Morgan fingerprint density at radius 2 is 1.77 bits per heavy atom. The third kappa shape index (κ3) is 1.55. The molecule has 0 heterocycles. The van der Waals surface area contributed by atoms with Crippen molar-refractivity contribution in [2.75, 3.05) is 0 Å². The highest BCUT2D eigenvalue weighted by atomic mass is 19.1. The Morgan fingerprint density at radius 1 is 1.00 bits per heavy atom. The van der Waals surface area contributed by atoms with Crippen LogP contribution < -0.4 is 0 Å². The quantitative estimate of drug-likeness (QED) is 0.673. The van der Waals surface area contributed by atoms with Gasteiger partial charge in [0, 0.05) is 12.8 Å². The molecular formula is C19H25FO2. The average Bonchev–Trinajstić information content (AvgIpc) is 2.72. The molecule has 5 atom stereocenters. The lowest BCUT2D eigenvalue weighted by atomic mass is 9.46. The van der Waals surface area contributed by atoms with Crippen LogP contribution in [0.2, 0.25) is 0 Å². The van der Waals surface area contributed by atoms with Crippen LogP contribution in [0.4, 0.5) is 4.39 Å². The Kier molecular flexibility index (Phi) is 2.85. The molecule has 120 valence electrons. The first-order valence-electron chi connectivity index (χ1n) is 8.77. The van der Waals surface area contributed by atoms with Crippen LogP contribution in [0.3, 0.4) is 0 Å². The summed E-state index contributed by atoms with van der Waals surface area (Å²) in [7, 11) is 0. The highest BCUT2D eigenvalue weighted by Crippen LogP contribution is 2.67. The summed E-state index contributed by atoms with van der Waals surface area (Å²) in [5.41, 5.74) is -0.844. The first-order valence-corrected chi connectivity index (χ1v) is 8.77. The number of ketones is 2. The Hall–Kier alpha value is -0.990. The number of rotatable bonds is 0. The van der Waals surface area contributed by atoms with Crippen LogP contribution in [-0.2, 0) is 9.59 Å². The number of carbonyl (C=O) groups is 2. The zero-order valence-electron chi connectivity index (χ0n) is 13.6. The van der Waals surface area contributed by atoms with Gasteiger partial charge in [-0.2, -0.15) is 0 Å². The summed E-state index contributed by atoms with van der Waals surface area (Å²) in [6.45, 7) is 4.11. The van der Waals surface area contributed by atoms with E-state index in [-0.39, 0.29) is 22.9 Å². The van der Waals surface area contributed by atoms with Crippen molar-refractivity contribution in [3.05, 3.63) is 11.6 Å². The molecule has 0 radical (unpaired) electrons. The summed E-state index contributed by atoms with van der Waals surface area (Å²) in [5.74, 6) is 0.661. The van der Waals surface area contributed by atoms with Gasteiger partial charge in [-0.1, -0.05) is 12.5 Å². The molecule has 0 amide bonds. The number of Topliss-reactive ketones (excluding diaryl/α,β-unsaturated/α-hetero) is 1. The number of carbonyl (C=O) groups excluding carboxylic acids is 2. The molecule has 2 nitrogen and oxygen atoms in total. The van der Waals surface area contributed by atoms with Gasteiger partial charge in [-0.3, -0.25) is 9.59 Å². The average molecular weight is 304 g/mol. The van der Waals surface area contributed by atoms with E-state index in [4.69, 9.17) is 0 Å². The SMILES string of the molecule is C[C@]12CCC(=O)C=C1CC[C@@H]1[C@@H]2CC[C@]2(C)C(=O)CC[C@@]12F. The van der Waals surface area contributed by atoms with Gasteiger partial charge in [0.2, 0.25) is 0 Å². The Bertz CT molecular complexity index is 594. The third-order valence-electron chi connectivity index (χ3n) is 7.78. The van der Waals surface area contributed by atoms with E-state index in [0.717, 1.165) is 25.7 Å². The molecule has 0 aromatic heterocycles. The van der Waals surface area contributed by atoms with Crippen LogP contribution in [0, 0.1) is 22.7 Å². The van der Waals surface area contributed by atoms with Crippen LogP contribution in [0.1, 0.15) is 65.2 Å². The summed E-state index contributed by atoms with van der Waals surface area (Å²) < 4.78 is 16.0. The van der Waals surface area contributed by atoms with E-state index < -0.39 is 11.1 Å². The van der Waals surface area contributed by atoms with Gasteiger partial charge in [0.25, 0.3) is 0 Å². The van der Waals surface area contributed by atoms with E-state index in [0.29, 0.717) is 31.6 Å². The molecule has 3 fully saturated rings. The van der Waals surface area contributed by atoms with E-state index in [1.807, 2.05) is 13.0 Å². The van der Waals surface area contributed by atoms with E-state index in [1.54, 1.807) is 0 Å². The molecule has 3 heteroatoms. The minimum atomic E-state index is -1.32. The molecule has 3 saturated carbocycles. The van der Waals surface area contributed by atoms with Crippen LogP contribution in [0.25, 0.3) is 0 Å². The monoisotopic (exact) mass is 304 g/mol. The van der Waals surface area contributed by atoms with Gasteiger partial charge in [0.1, 0.15) is 11.5 Å². The van der Waals surface area contributed by atoms with Gasteiger partial charge in [0.15, 0.2) is 5.78 Å². The largest absolute Gasteiger partial charge is 0.299 e. The standard InChI is InChI=1S/C19H25FO2/c1-17-8-5-13(21)11-12(17)3-4-15-14(17)6-9-18(2)16(22)7-10-19(15,18)20/h11,14-15H,3-10H2,1-2H3/t14-,15+,17-,18+,19+/m0/s1. The van der Waals surface area contributed by atoms with Crippen molar-refractivity contribution in [3.63, 3.8) is 0 Å². The lowest BCUT2D eigenvalue weighted by Crippen LogP contribution is -2.58. The van der Waals surface area contributed by atoms with Crippen LogP contribution >= 0.6 is 0 Å². The molecule has 0 saturated heterocycles. The fourth-order valence-electron chi connectivity index (χ4n) is 6.24. The lowest BCUT2D eigenvalue weighted by Gasteiger charge is -2.58. The number of hydrogen-bond acceptors (Lipinski definition) is 2. The third-order valence-corrected chi connectivity index (χ3v) is 7.78. The van der Waals surface area contributed by atoms with Crippen molar-refractivity contribution in [1.29, 1.82) is 0 Å². The smallest absolute Gasteiger partial charge is 0.155 e. The first-order chi connectivity index (χ1) is 10.3. The maximum Gasteiger partial charge on any atom is 0.155 e. The normalized spacial score (nSPS) is 51.0. The Labute approximate surface area is 131 Å². The second-order valence-electron chi connectivity index (χ2n) is 8.46. The zero-order valence-corrected chi connectivity index (χ0v) is 13.6. The Morgan fingerprint density at radius 3 is 2.55 bits per heavy atom. The molecule has 4 aliphatic rings. The number of allylic oxidation sites excluding steroid dienone is 1. The predicted molar refractivity (Wildman–Crippen MR) is 82.1 cm³/mol. The molecule has 4 aliphatic carbocycles. The van der Waals surface area contributed by atoms with Gasteiger partial charge in [-0.15, -0.1) is 0 Å². The first kappa shape index (κ1) is 14.6. The summed E-state index contributed by atoms with van der Waals surface area (Å²) >= 11 is 0. The molecule has 0 aromatic carbocycles. The molecular weight excluding hydrogens is 279 g/mol. The van der Waals surface area contributed by atoms with Crippen molar-refractivity contribution in [3.8, 4) is 0 Å².